The summed E-state index contributed by atoms with van der Waals surface area (Å²) in [4.78, 5) is 11.6. The molecule has 0 saturated carbocycles. The molecule has 1 aromatic carbocycles. The predicted molar refractivity (Wildman–Crippen MR) is 82.9 cm³/mol. The minimum Gasteiger partial charge on any atom is -0.469 e. The van der Waals surface area contributed by atoms with Gasteiger partial charge in [0.25, 0.3) is 0 Å². The van der Waals surface area contributed by atoms with Crippen LogP contribution in [0.4, 0.5) is 0 Å². The van der Waals surface area contributed by atoms with Gasteiger partial charge in [0.05, 0.1) is 24.7 Å². The van der Waals surface area contributed by atoms with Crippen molar-refractivity contribution in [2.75, 3.05) is 7.11 Å². The molecular weight excluding hydrogens is 290 g/mol. The summed E-state index contributed by atoms with van der Waals surface area (Å²) in [6.07, 6.45) is 0.135. The van der Waals surface area contributed by atoms with Crippen LogP contribution in [0.25, 0.3) is 0 Å². The lowest BCUT2D eigenvalue weighted by atomic mass is 9.75. The lowest BCUT2D eigenvalue weighted by Gasteiger charge is -2.32. The van der Waals surface area contributed by atoms with Crippen LogP contribution in [0.3, 0.4) is 0 Å². The van der Waals surface area contributed by atoms with Crippen LogP contribution in [0.1, 0.15) is 33.3 Å². The molecule has 1 fully saturated rings. The van der Waals surface area contributed by atoms with Crippen LogP contribution in [-0.2, 0) is 25.3 Å². The molecule has 4 nitrogen and oxygen atoms in total. The van der Waals surface area contributed by atoms with Crippen LogP contribution in [0.5, 0.6) is 0 Å². The number of benzene rings is 1. The number of halogens is 1. The summed E-state index contributed by atoms with van der Waals surface area (Å²) >= 11 is 6.03. The van der Waals surface area contributed by atoms with Gasteiger partial charge in [0.1, 0.15) is 0 Å². The first-order valence-corrected chi connectivity index (χ1v) is 7.25. The van der Waals surface area contributed by atoms with Gasteiger partial charge in [-0.3, -0.25) is 4.79 Å². The van der Waals surface area contributed by atoms with Gasteiger partial charge in [-0.1, -0.05) is 17.7 Å². The lowest BCUT2D eigenvalue weighted by Crippen LogP contribution is -2.41. The topological polar surface area (TPSA) is 44.8 Å². The molecule has 0 bridgehead atoms. The molecule has 6 heteroatoms. The molecule has 0 radical (unpaired) electrons. The van der Waals surface area contributed by atoms with Gasteiger partial charge in [-0.2, -0.15) is 0 Å². The molecule has 21 heavy (non-hydrogen) atoms. The van der Waals surface area contributed by atoms with Gasteiger partial charge in [0.15, 0.2) is 0 Å². The minimum atomic E-state index is -0.521. The molecule has 0 N–H and O–H groups in total. The normalized spacial score (nSPS) is 19.6. The zero-order valence-corrected chi connectivity index (χ0v) is 13.8. The monoisotopic (exact) mass is 310 g/mol. The summed E-state index contributed by atoms with van der Waals surface area (Å²) in [5.41, 5.74) is 0.705. The number of hydrogen-bond acceptors (Lipinski definition) is 4. The van der Waals surface area contributed by atoms with Crippen LogP contribution in [0.15, 0.2) is 18.2 Å². The number of rotatable bonds is 3. The number of esters is 1. The Balaban J connectivity index is 2.34. The van der Waals surface area contributed by atoms with Crippen molar-refractivity contribution >= 4 is 30.2 Å². The SMILES string of the molecule is COC(=O)Cc1cc(Cl)ccc1B1OC(C)(C)C(C)(C)O1. The molecule has 0 aromatic heterocycles. The van der Waals surface area contributed by atoms with E-state index in [4.69, 9.17) is 25.6 Å². The number of methoxy groups -OCH3 is 1. The van der Waals surface area contributed by atoms with E-state index in [-0.39, 0.29) is 12.4 Å². The minimum absolute atomic E-state index is 0.135. The predicted octanol–water partition coefficient (Wildman–Crippen LogP) is 2.35. The van der Waals surface area contributed by atoms with Crippen molar-refractivity contribution in [2.45, 2.75) is 45.3 Å². The van der Waals surface area contributed by atoms with Gasteiger partial charge in [-0.25, -0.2) is 0 Å². The second-order valence-electron chi connectivity index (χ2n) is 6.18. The van der Waals surface area contributed by atoms with Crippen molar-refractivity contribution in [3.8, 4) is 0 Å². The third-order valence-corrected chi connectivity index (χ3v) is 4.41. The fourth-order valence-corrected chi connectivity index (χ4v) is 2.35. The summed E-state index contributed by atoms with van der Waals surface area (Å²) in [5.74, 6) is -0.324. The summed E-state index contributed by atoms with van der Waals surface area (Å²) < 4.78 is 16.8. The van der Waals surface area contributed by atoms with Crippen LogP contribution in [-0.4, -0.2) is 31.4 Å². The number of hydrogen-bond donors (Lipinski definition) is 0. The van der Waals surface area contributed by atoms with Crippen LogP contribution < -0.4 is 5.46 Å². The Morgan fingerprint density at radius 3 is 2.33 bits per heavy atom. The first kappa shape index (κ1) is 16.3. The molecule has 1 aliphatic heterocycles. The fraction of sp³-hybridized carbons (Fsp3) is 0.533. The van der Waals surface area contributed by atoms with Crippen LogP contribution in [0, 0.1) is 0 Å². The largest absolute Gasteiger partial charge is 0.495 e. The molecule has 0 aliphatic carbocycles. The van der Waals surface area contributed by atoms with E-state index < -0.39 is 18.3 Å². The fourth-order valence-electron chi connectivity index (χ4n) is 2.16. The summed E-state index contributed by atoms with van der Waals surface area (Å²) in [6.45, 7) is 7.96. The van der Waals surface area contributed by atoms with Gasteiger partial charge in [-0.05, 0) is 50.9 Å². The van der Waals surface area contributed by atoms with Gasteiger partial charge >= 0.3 is 13.1 Å². The van der Waals surface area contributed by atoms with E-state index in [2.05, 4.69) is 0 Å². The average molecular weight is 311 g/mol. The maximum Gasteiger partial charge on any atom is 0.495 e. The Kier molecular flexibility index (Phi) is 4.38. The first-order chi connectivity index (χ1) is 9.66. The molecule has 1 saturated heterocycles. The standard InChI is InChI=1S/C15H20BClO4/c1-14(2)15(3,4)21-16(20-14)12-7-6-11(17)8-10(12)9-13(18)19-5/h6-8H,9H2,1-5H3. The van der Waals surface area contributed by atoms with Crippen LogP contribution >= 0.6 is 11.6 Å². The van der Waals surface area contributed by atoms with Crippen molar-refractivity contribution in [2.24, 2.45) is 0 Å². The van der Waals surface area contributed by atoms with E-state index >= 15 is 0 Å². The van der Waals surface area contributed by atoms with Gasteiger partial charge in [0, 0.05) is 5.02 Å². The quantitative estimate of drug-likeness (QED) is 0.635. The van der Waals surface area contributed by atoms with Crippen molar-refractivity contribution in [3.05, 3.63) is 28.8 Å². The van der Waals surface area contributed by atoms with E-state index in [9.17, 15) is 4.79 Å². The van der Waals surface area contributed by atoms with E-state index in [0.29, 0.717) is 5.02 Å². The molecule has 0 atom stereocenters. The lowest BCUT2D eigenvalue weighted by molar-refractivity contribution is -0.139. The molecule has 1 aromatic rings. The maximum atomic E-state index is 11.6. The molecule has 2 rings (SSSR count). The van der Waals surface area contributed by atoms with Crippen molar-refractivity contribution in [1.82, 2.24) is 0 Å². The maximum absolute atomic E-state index is 11.6. The molecule has 114 valence electrons. The van der Waals surface area contributed by atoms with Crippen molar-refractivity contribution in [3.63, 3.8) is 0 Å². The van der Waals surface area contributed by atoms with Gasteiger partial charge in [0.2, 0.25) is 0 Å². The number of carbonyl (C=O) groups excluding carboxylic acids is 1. The highest BCUT2D eigenvalue weighted by atomic mass is 35.5. The van der Waals surface area contributed by atoms with Gasteiger partial charge < -0.3 is 14.0 Å². The first-order valence-electron chi connectivity index (χ1n) is 6.87. The zero-order chi connectivity index (χ0) is 15.8. The second kappa shape index (κ2) is 5.63. The van der Waals surface area contributed by atoms with Gasteiger partial charge in [-0.15, -0.1) is 0 Å². The second-order valence-corrected chi connectivity index (χ2v) is 6.62. The highest BCUT2D eigenvalue weighted by Crippen LogP contribution is 2.36. The third kappa shape index (κ3) is 3.25. The molecule has 0 spiro atoms. The highest BCUT2D eigenvalue weighted by Gasteiger charge is 2.52. The zero-order valence-electron chi connectivity index (χ0n) is 13.0. The van der Waals surface area contributed by atoms with Crippen molar-refractivity contribution in [1.29, 1.82) is 0 Å². The molecule has 0 unspecified atom stereocenters. The Morgan fingerprint density at radius 2 is 1.81 bits per heavy atom. The van der Waals surface area contributed by atoms with E-state index in [0.717, 1.165) is 11.0 Å². The molecule has 0 amide bonds. The number of carbonyl (C=O) groups is 1. The van der Waals surface area contributed by atoms with E-state index in [1.807, 2.05) is 33.8 Å². The van der Waals surface area contributed by atoms with E-state index in [1.165, 1.54) is 7.11 Å². The summed E-state index contributed by atoms with van der Waals surface area (Å²) in [5, 5.41) is 0.564. The number of ether oxygens (including phenoxy) is 1. The van der Waals surface area contributed by atoms with E-state index in [1.54, 1.807) is 12.1 Å². The van der Waals surface area contributed by atoms with Crippen molar-refractivity contribution < 1.29 is 18.8 Å². The van der Waals surface area contributed by atoms with Crippen LogP contribution in [0.2, 0.25) is 5.02 Å². The summed E-state index contributed by atoms with van der Waals surface area (Å²) in [7, 11) is 0.841. The Labute approximate surface area is 130 Å². The summed E-state index contributed by atoms with van der Waals surface area (Å²) in [6, 6.07) is 5.35. The Morgan fingerprint density at radius 1 is 1.24 bits per heavy atom. The average Bonchev–Trinajstić information content (AvgIpc) is 2.58. The smallest absolute Gasteiger partial charge is 0.469 e. The molecular formula is C15H20BClO4. The third-order valence-electron chi connectivity index (χ3n) is 4.17. The Bertz CT molecular complexity index is 541. The molecule has 1 aliphatic rings. The molecule has 1 heterocycles. The highest BCUT2D eigenvalue weighted by molar-refractivity contribution is 6.62. The Hall–Kier alpha value is -1.04.